The van der Waals surface area contributed by atoms with Gasteiger partial charge in [0.05, 0.1) is 17.3 Å². The Balaban J connectivity index is 1.57. The predicted octanol–water partition coefficient (Wildman–Crippen LogP) is 2.37. The standard InChI is InChI=1S/C17H21N5O/c1-11-10-21(2)16(20-11)14-4-3-7-22(14)17(23)13-8-18-15(19-9-13)12-5-6-12/h8-10,12,14H,3-7H2,1-2H3/t14-/m1/s1. The van der Waals surface area contributed by atoms with Crippen LogP contribution in [0.25, 0.3) is 0 Å². The van der Waals surface area contributed by atoms with Gasteiger partial charge in [-0.1, -0.05) is 0 Å². The molecule has 1 aliphatic carbocycles. The number of likely N-dealkylation sites (tertiary alicyclic amines) is 1. The highest BCUT2D eigenvalue weighted by Crippen LogP contribution is 2.38. The van der Waals surface area contributed by atoms with E-state index in [4.69, 9.17) is 0 Å². The number of carbonyl (C=O) groups is 1. The number of amides is 1. The Morgan fingerprint density at radius 1 is 1.22 bits per heavy atom. The van der Waals surface area contributed by atoms with Crippen LogP contribution in [0.5, 0.6) is 0 Å². The molecular formula is C17H21N5O. The highest BCUT2D eigenvalue weighted by atomic mass is 16.2. The molecule has 120 valence electrons. The lowest BCUT2D eigenvalue weighted by Gasteiger charge is -2.24. The van der Waals surface area contributed by atoms with Gasteiger partial charge in [-0.2, -0.15) is 0 Å². The fraction of sp³-hybridized carbons (Fsp3) is 0.529. The molecule has 1 atom stereocenters. The molecule has 1 saturated heterocycles. The Kier molecular flexibility index (Phi) is 3.39. The van der Waals surface area contributed by atoms with Crippen LogP contribution in [0, 0.1) is 6.92 Å². The van der Waals surface area contributed by atoms with Crippen molar-refractivity contribution in [2.75, 3.05) is 6.54 Å². The van der Waals surface area contributed by atoms with Gasteiger partial charge in [-0.3, -0.25) is 4.79 Å². The molecule has 0 bridgehead atoms. The van der Waals surface area contributed by atoms with Crippen LogP contribution in [-0.2, 0) is 7.05 Å². The van der Waals surface area contributed by atoms with Gasteiger partial charge in [0.15, 0.2) is 0 Å². The van der Waals surface area contributed by atoms with Crippen LogP contribution in [0.1, 0.15) is 65.3 Å². The summed E-state index contributed by atoms with van der Waals surface area (Å²) in [6.07, 6.45) is 9.66. The Hall–Kier alpha value is -2.24. The Bertz CT molecular complexity index is 732. The van der Waals surface area contributed by atoms with E-state index in [2.05, 4.69) is 15.0 Å². The normalized spacial score (nSPS) is 21.0. The summed E-state index contributed by atoms with van der Waals surface area (Å²) in [7, 11) is 1.99. The zero-order valence-electron chi connectivity index (χ0n) is 13.6. The monoisotopic (exact) mass is 311 g/mol. The third kappa shape index (κ3) is 2.62. The summed E-state index contributed by atoms with van der Waals surface area (Å²) in [6, 6.07) is 0.0457. The minimum absolute atomic E-state index is 0.00972. The first-order valence-corrected chi connectivity index (χ1v) is 8.26. The number of rotatable bonds is 3. The number of aryl methyl sites for hydroxylation is 2. The van der Waals surface area contributed by atoms with Gasteiger partial charge in [0, 0.05) is 38.1 Å². The van der Waals surface area contributed by atoms with Crippen LogP contribution in [0.4, 0.5) is 0 Å². The molecule has 0 spiro atoms. The Morgan fingerprint density at radius 2 is 1.96 bits per heavy atom. The maximum Gasteiger partial charge on any atom is 0.257 e. The fourth-order valence-corrected chi connectivity index (χ4v) is 3.39. The summed E-state index contributed by atoms with van der Waals surface area (Å²) in [5, 5.41) is 0. The molecule has 0 N–H and O–H groups in total. The molecule has 1 aliphatic heterocycles. The highest BCUT2D eigenvalue weighted by Gasteiger charge is 2.34. The average molecular weight is 311 g/mol. The highest BCUT2D eigenvalue weighted by molar-refractivity contribution is 5.94. The second-order valence-corrected chi connectivity index (χ2v) is 6.61. The molecule has 3 heterocycles. The number of imidazole rings is 1. The lowest BCUT2D eigenvalue weighted by Crippen LogP contribution is -2.32. The third-order valence-corrected chi connectivity index (χ3v) is 4.71. The van der Waals surface area contributed by atoms with Crippen molar-refractivity contribution >= 4 is 5.91 Å². The van der Waals surface area contributed by atoms with E-state index in [1.807, 2.05) is 29.6 Å². The average Bonchev–Trinajstić information content (AvgIpc) is 3.19. The van der Waals surface area contributed by atoms with Crippen molar-refractivity contribution in [3.8, 4) is 0 Å². The first-order valence-electron chi connectivity index (χ1n) is 8.26. The molecule has 23 heavy (non-hydrogen) atoms. The predicted molar refractivity (Wildman–Crippen MR) is 85.0 cm³/mol. The molecule has 2 aliphatic rings. The lowest BCUT2D eigenvalue weighted by molar-refractivity contribution is 0.0727. The quantitative estimate of drug-likeness (QED) is 0.873. The van der Waals surface area contributed by atoms with E-state index >= 15 is 0 Å². The van der Waals surface area contributed by atoms with Crippen molar-refractivity contribution in [1.82, 2.24) is 24.4 Å². The first kappa shape index (κ1) is 14.4. The summed E-state index contributed by atoms with van der Waals surface area (Å²) < 4.78 is 2.03. The van der Waals surface area contributed by atoms with Crippen LogP contribution in [0.15, 0.2) is 18.6 Å². The van der Waals surface area contributed by atoms with Crippen molar-refractivity contribution in [3.63, 3.8) is 0 Å². The summed E-state index contributed by atoms with van der Waals surface area (Å²) in [4.78, 5) is 28.1. The summed E-state index contributed by atoms with van der Waals surface area (Å²) >= 11 is 0. The van der Waals surface area contributed by atoms with Crippen LogP contribution >= 0.6 is 0 Å². The van der Waals surface area contributed by atoms with E-state index in [-0.39, 0.29) is 11.9 Å². The van der Waals surface area contributed by atoms with Crippen molar-refractivity contribution in [2.45, 2.75) is 44.6 Å². The molecule has 1 saturated carbocycles. The molecule has 4 rings (SSSR count). The molecule has 0 aromatic carbocycles. The van der Waals surface area contributed by atoms with E-state index in [0.29, 0.717) is 11.5 Å². The van der Waals surface area contributed by atoms with Crippen molar-refractivity contribution in [3.05, 3.63) is 41.5 Å². The molecule has 1 amide bonds. The third-order valence-electron chi connectivity index (χ3n) is 4.71. The van der Waals surface area contributed by atoms with Gasteiger partial charge in [0.1, 0.15) is 11.6 Å². The molecule has 0 unspecified atom stereocenters. The van der Waals surface area contributed by atoms with Gasteiger partial charge < -0.3 is 9.47 Å². The number of carbonyl (C=O) groups excluding carboxylic acids is 1. The second-order valence-electron chi connectivity index (χ2n) is 6.61. The van der Waals surface area contributed by atoms with E-state index in [1.165, 1.54) is 12.8 Å². The zero-order chi connectivity index (χ0) is 16.0. The SMILES string of the molecule is Cc1cn(C)c([C@H]2CCCN2C(=O)c2cnc(C3CC3)nc2)n1. The zero-order valence-corrected chi connectivity index (χ0v) is 13.6. The van der Waals surface area contributed by atoms with E-state index in [1.54, 1.807) is 12.4 Å². The lowest BCUT2D eigenvalue weighted by atomic mass is 10.2. The number of hydrogen-bond donors (Lipinski definition) is 0. The fourth-order valence-electron chi connectivity index (χ4n) is 3.39. The van der Waals surface area contributed by atoms with Crippen molar-refractivity contribution in [1.29, 1.82) is 0 Å². The molecule has 2 aromatic rings. The number of hydrogen-bond acceptors (Lipinski definition) is 4. The van der Waals surface area contributed by atoms with Crippen molar-refractivity contribution < 1.29 is 4.79 Å². The van der Waals surface area contributed by atoms with Crippen LogP contribution < -0.4 is 0 Å². The molecular weight excluding hydrogens is 290 g/mol. The summed E-state index contributed by atoms with van der Waals surface area (Å²) in [5.74, 6) is 2.35. The summed E-state index contributed by atoms with van der Waals surface area (Å²) in [6.45, 7) is 2.74. The molecule has 2 fully saturated rings. The van der Waals surface area contributed by atoms with Crippen LogP contribution in [0.2, 0.25) is 0 Å². The molecule has 6 heteroatoms. The molecule has 6 nitrogen and oxygen atoms in total. The minimum atomic E-state index is 0.00972. The maximum absolute atomic E-state index is 12.9. The van der Waals surface area contributed by atoms with Gasteiger partial charge in [-0.25, -0.2) is 15.0 Å². The largest absolute Gasteiger partial charge is 0.336 e. The van der Waals surface area contributed by atoms with E-state index < -0.39 is 0 Å². The first-order chi connectivity index (χ1) is 11.1. The molecule has 0 radical (unpaired) electrons. The Morgan fingerprint density at radius 3 is 2.57 bits per heavy atom. The summed E-state index contributed by atoms with van der Waals surface area (Å²) in [5.41, 5.74) is 1.56. The van der Waals surface area contributed by atoms with Gasteiger partial charge >= 0.3 is 0 Å². The Labute approximate surface area is 135 Å². The van der Waals surface area contributed by atoms with Gasteiger partial charge in [0.25, 0.3) is 5.91 Å². The van der Waals surface area contributed by atoms with Crippen LogP contribution in [-0.4, -0.2) is 36.9 Å². The van der Waals surface area contributed by atoms with Gasteiger partial charge in [0.2, 0.25) is 0 Å². The number of aromatic nitrogens is 4. The maximum atomic E-state index is 12.9. The topological polar surface area (TPSA) is 63.9 Å². The van der Waals surface area contributed by atoms with Crippen molar-refractivity contribution in [2.24, 2.45) is 7.05 Å². The van der Waals surface area contributed by atoms with Crippen LogP contribution in [0.3, 0.4) is 0 Å². The van der Waals surface area contributed by atoms with E-state index in [0.717, 1.165) is 36.7 Å². The van der Waals surface area contributed by atoms with Gasteiger partial charge in [-0.15, -0.1) is 0 Å². The van der Waals surface area contributed by atoms with E-state index in [9.17, 15) is 4.79 Å². The minimum Gasteiger partial charge on any atom is -0.336 e. The smallest absolute Gasteiger partial charge is 0.257 e. The molecule has 2 aromatic heterocycles. The second kappa shape index (κ2) is 5.44. The van der Waals surface area contributed by atoms with Gasteiger partial charge in [-0.05, 0) is 32.6 Å². The number of nitrogens with zero attached hydrogens (tertiary/aromatic N) is 5.